The summed E-state index contributed by atoms with van der Waals surface area (Å²) in [4.78, 5) is 30.3. The molecule has 2 aromatic heterocycles. The fourth-order valence-corrected chi connectivity index (χ4v) is 5.00. The summed E-state index contributed by atoms with van der Waals surface area (Å²) in [5.74, 6) is 0.218. The summed E-state index contributed by atoms with van der Waals surface area (Å²) in [5, 5.41) is 16.0. The van der Waals surface area contributed by atoms with Gasteiger partial charge in [0.05, 0.1) is 30.1 Å². The Morgan fingerprint density at radius 3 is 2.67 bits per heavy atom. The van der Waals surface area contributed by atoms with Gasteiger partial charge in [0, 0.05) is 24.6 Å². The van der Waals surface area contributed by atoms with Crippen molar-refractivity contribution in [2.75, 3.05) is 31.0 Å². The topological polar surface area (TPSA) is 126 Å². The van der Waals surface area contributed by atoms with Crippen LogP contribution >= 0.6 is 12.2 Å². The van der Waals surface area contributed by atoms with Crippen molar-refractivity contribution >= 4 is 40.6 Å². The van der Waals surface area contributed by atoms with Crippen molar-refractivity contribution in [2.24, 2.45) is 0 Å². The fourth-order valence-electron chi connectivity index (χ4n) is 4.66. The van der Waals surface area contributed by atoms with Gasteiger partial charge in [0.25, 0.3) is 0 Å². The average Bonchev–Trinajstić information content (AvgIpc) is 3.58. The average molecular weight is 559 g/mol. The number of nitrogens with zero attached hydrogens (tertiary/aromatic N) is 2. The first-order valence-electron chi connectivity index (χ1n) is 12.3. The summed E-state index contributed by atoms with van der Waals surface area (Å²) in [6, 6.07) is 20.4. The highest BCUT2D eigenvalue weighted by Crippen LogP contribution is 2.44. The molecule has 0 radical (unpaired) electrons. The number of thiocarbonyl (C=S) groups is 1. The maximum atomic E-state index is 12.3. The number of aromatic carboxylic acids is 1. The van der Waals surface area contributed by atoms with Crippen molar-refractivity contribution < 1.29 is 28.6 Å². The minimum atomic E-state index is -1.02. The molecular weight excluding hydrogens is 532 g/mol. The van der Waals surface area contributed by atoms with Crippen LogP contribution in [-0.2, 0) is 9.53 Å². The van der Waals surface area contributed by atoms with Crippen molar-refractivity contribution in [3.05, 3.63) is 96.0 Å². The lowest BCUT2D eigenvalue weighted by atomic mass is 10.0. The van der Waals surface area contributed by atoms with E-state index in [2.05, 4.69) is 15.6 Å². The van der Waals surface area contributed by atoms with Gasteiger partial charge < -0.3 is 34.5 Å². The van der Waals surface area contributed by atoms with Gasteiger partial charge in [-0.15, -0.1) is 0 Å². The van der Waals surface area contributed by atoms with Gasteiger partial charge in [0.15, 0.2) is 5.11 Å². The predicted molar refractivity (Wildman–Crippen MR) is 153 cm³/mol. The second-order valence-electron chi connectivity index (χ2n) is 8.95. The number of benzene rings is 2. The predicted octanol–water partition coefficient (Wildman–Crippen LogP) is 4.81. The molecule has 1 aliphatic rings. The zero-order valence-electron chi connectivity index (χ0n) is 21.7. The molecule has 11 heteroatoms. The molecule has 3 N–H and O–H groups in total. The number of rotatable bonds is 9. The Morgan fingerprint density at radius 1 is 1.10 bits per heavy atom. The largest absolute Gasteiger partial charge is 0.495 e. The molecule has 1 amide bonds. The number of carbonyl (C=O) groups excluding carboxylic acids is 1. The summed E-state index contributed by atoms with van der Waals surface area (Å²) in [5.41, 5.74) is 2.68. The Bertz CT molecular complexity index is 1560. The van der Waals surface area contributed by atoms with Gasteiger partial charge in [-0.05, 0) is 66.8 Å². The molecule has 2 atom stereocenters. The molecule has 4 aromatic rings. The summed E-state index contributed by atoms with van der Waals surface area (Å²) in [6.45, 7) is -0.111. The third kappa shape index (κ3) is 5.37. The highest BCUT2D eigenvalue weighted by atomic mass is 32.1. The van der Waals surface area contributed by atoms with Gasteiger partial charge in [-0.3, -0.25) is 9.78 Å². The van der Waals surface area contributed by atoms with E-state index >= 15 is 0 Å². The summed E-state index contributed by atoms with van der Waals surface area (Å²) in [7, 11) is 2.96. The van der Waals surface area contributed by atoms with Gasteiger partial charge in [-0.1, -0.05) is 18.2 Å². The third-order valence-electron chi connectivity index (χ3n) is 6.42. The number of carboxylic acid groups (broad SMARTS) is 1. The van der Waals surface area contributed by atoms with Crippen molar-refractivity contribution in [3.8, 4) is 17.1 Å². The normalized spacial score (nSPS) is 16.4. The molecule has 204 valence electrons. The van der Waals surface area contributed by atoms with Crippen molar-refractivity contribution in [1.29, 1.82) is 0 Å². The first-order chi connectivity index (χ1) is 19.4. The molecule has 5 rings (SSSR count). The SMILES string of the molecule is COCC(=O)Nc1cc(N2C(=S)N[C@@H](c3ccccn3)[C@H]2c2ccc(-c3cccc(C(=O)O)c3)o2)ccc1OC. The van der Waals surface area contributed by atoms with Gasteiger partial charge in [-0.2, -0.15) is 0 Å². The highest BCUT2D eigenvalue weighted by Gasteiger charge is 2.42. The Balaban J connectivity index is 1.58. The number of hydrogen-bond acceptors (Lipinski definition) is 7. The van der Waals surface area contributed by atoms with Crippen LogP contribution in [0.1, 0.15) is 33.9 Å². The molecule has 2 aromatic carbocycles. The number of aromatic nitrogens is 1. The zero-order valence-corrected chi connectivity index (χ0v) is 22.5. The number of furan rings is 1. The van der Waals surface area contributed by atoms with E-state index in [9.17, 15) is 14.7 Å². The lowest BCUT2D eigenvalue weighted by molar-refractivity contribution is -0.119. The Labute approximate surface area is 235 Å². The van der Waals surface area contributed by atoms with Crippen LogP contribution < -0.4 is 20.3 Å². The molecule has 1 aliphatic heterocycles. The minimum Gasteiger partial charge on any atom is -0.495 e. The van der Waals surface area contributed by atoms with Crippen LogP contribution in [0.3, 0.4) is 0 Å². The van der Waals surface area contributed by atoms with Crippen LogP contribution in [0.4, 0.5) is 11.4 Å². The third-order valence-corrected chi connectivity index (χ3v) is 6.74. The maximum absolute atomic E-state index is 12.3. The highest BCUT2D eigenvalue weighted by molar-refractivity contribution is 7.80. The molecule has 1 fully saturated rings. The number of carbonyl (C=O) groups is 2. The van der Waals surface area contributed by atoms with Crippen molar-refractivity contribution in [3.63, 3.8) is 0 Å². The van der Waals surface area contributed by atoms with Crippen LogP contribution in [0.25, 0.3) is 11.3 Å². The lowest BCUT2D eigenvalue weighted by Crippen LogP contribution is -2.29. The summed E-state index contributed by atoms with van der Waals surface area (Å²) >= 11 is 5.80. The van der Waals surface area contributed by atoms with Crippen LogP contribution in [0.15, 0.2) is 83.4 Å². The van der Waals surface area contributed by atoms with Crippen LogP contribution in [0, 0.1) is 0 Å². The van der Waals surface area contributed by atoms with E-state index in [1.165, 1.54) is 20.3 Å². The number of nitrogens with one attached hydrogen (secondary N) is 2. The van der Waals surface area contributed by atoms with E-state index in [-0.39, 0.29) is 24.1 Å². The first-order valence-corrected chi connectivity index (χ1v) is 12.7. The second kappa shape index (κ2) is 11.6. The molecule has 40 heavy (non-hydrogen) atoms. The van der Waals surface area contributed by atoms with Gasteiger partial charge >= 0.3 is 5.97 Å². The second-order valence-corrected chi connectivity index (χ2v) is 9.34. The van der Waals surface area contributed by atoms with E-state index in [0.29, 0.717) is 39.3 Å². The summed E-state index contributed by atoms with van der Waals surface area (Å²) < 4.78 is 16.7. The van der Waals surface area contributed by atoms with Crippen molar-refractivity contribution in [1.82, 2.24) is 10.3 Å². The standard InChI is InChI=1S/C29H26N4O6S/c1-37-16-25(34)31-21-15-19(9-10-23(21)38-2)33-27(26(32-29(33)40)20-8-3-4-13-30-20)24-12-11-22(39-24)17-6-5-7-18(14-17)28(35)36/h3-15,26-27H,16H2,1-2H3,(H,31,34)(H,32,40)(H,35,36)/t26-,27+/m0/s1. The zero-order chi connectivity index (χ0) is 28.2. The quantitative estimate of drug-likeness (QED) is 0.246. The molecule has 0 saturated carbocycles. The van der Waals surface area contributed by atoms with Crippen LogP contribution in [0.2, 0.25) is 0 Å². The lowest BCUT2D eigenvalue weighted by Gasteiger charge is -2.27. The van der Waals surface area contributed by atoms with Gasteiger partial charge in [0.1, 0.15) is 29.9 Å². The van der Waals surface area contributed by atoms with Crippen LogP contribution in [0.5, 0.6) is 5.75 Å². The number of methoxy groups -OCH3 is 2. The van der Waals surface area contributed by atoms with Gasteiger partial charge in [-0.25, -0.2) is 4.79 Å². The molecule has 0 spiro atoms. The fraction of sp³-hybridized carbons (Fsp3) is 0.172. The maximum Gasteiger partial charge on any atom is 0.335 e. The van der Waals surface area contributed by atoms with Gasteiger partial charge in [0.2, 0.25) is 5.91 Å². The Hall–Kier alpha value is -4.74. The van der Waals surface area contributed by atoms with E-state index in [0.717, 1.165) is 5.69 Å². The number of pyridine rings is 1. The minimum absolute atomic E-state index is 0.111. The number of anilines is 2. The molecule has 0 aliphatic carbocycles. The van der Waals surface area contributed by atoms with Crippen LogP contribution in [-0.4, -0.2) is 47.9 Å². The number of ether oxygens (including phenoxy) is 2. The molecular formula is C29H26N4O6S. The number of amides is 1. The van der Waals surface area contributed by atoms with Crippen molar-refractivity contribution in [2.45, 2.75) is 12.1 Å². The van der Waals surface area contributed by atoms with E-state index in [1.54, 1.807) is 42.6 Å². The first kappa shape index (κ1) is 26.9. The van der Waals surface area contributed by atoms with E-state index in [4.69, 9.17) is 26.1 Å². The number of hydrogen-bond donors (Lipinski definition) is 3. The molecule has 0 unspecified atom stereocenters. The smallest absolute Gasteiger partial charge is 0.335 e. The molecule has 1 saturated heterocycles. The summed E-state index contributed by atoms with van der Waals surface area (Å²) in [6.07, 6.45) is 1.71. The molecule has 3 heterocycles. The Morgan fingerprint density at radius 2 is 1.95 bits per heavy atom. The Kier molecular flexibility index (Phi) is 7.76. The van der Waals surface area contributed by atoms with E-state index in [1.807, 2.05) is 35.2 Å². The molecule has 0 bridgehead atoms. The monoisotopic (exact) mass is 558 g/mol. The van der Waals surface area contributed by atoms with E-state index < -0.39 is 12.0 Å². The molecule has 10 nitrogen and oxygen atoms in total. The number of carboxylic acids is 1.